The molecule has 0 saturated carbocycles. The van der Waals surface area contributed by atoms with Crippen LogP contribution in [-0.2, 0) is 18.3 Å². The first kappa shape index (κ1) is 18.5. The molecular weight excluding hydrogens is 320 g/mol. The van der Waals surface area contributed by atoms with Crippen molar-refractivity contribution in [1.29, 1.82) is 0 Å². The number of hydrogen-bond donors (Lipinski definition) is 1. The summed E-state index contributed by atoms with van der Waals surface area (Å²) in [6.07, 6.45) is 0.919. The van der Waals surface area contributed by atoms with Crippen LogP contribution in [0.5, 0.6) is 5.75 Å². The van der Waals surface area contributed by atoms with Gasteiger partial charge in [0, 0.05) is 27.6 Å². The van der Waals surface area contributed by atoms with Crippen molar-refractivity contribution in [1.82, 2.24) is 14.7 Å². The van der Waals surface area contributed by atoms with Gasteiger partial charge in [0.1, 0.15) is 5.75 Å². The molecule has 0 aliphatic heterocycles. The third kappa shape index (κ3) is 4.37. The molecule has 134 valence electrons. The molecule has 0 saturated heterocycles. The van der Waals surface area contributed by atoms with Crippen LogP contribution in [0.1, 0.15) is 28.2 Å². The molecule has 0 spiro atoms. The topological polar surface area (TPSA) is 76.5 Å². The van der Waals surface area contributed by atoms with Crippen LogP contribution in [0.15, 0.2) is 24.3 Å². The van der Waals surface area contributed by atoms with Crippen molar-refractivity contribution in [2.24, 2.45) is 7.05 Å². The zero-order valence-corrected chi connectivity index (χ0v) is 15.3. The number of benzene rings is 1. The zero-order chi connectivity index (χ0) is 18.6. The fraction of sp³-hybridized carbons (Fsp3) is 0.389. The van der Waals surface area contributed by atoms with Crippen LogP contribution in [0.4, 0.5) is 5.69 Å². The van der Waals surface area contributed by atoms with Gasteiger partial charge in [0.2, 0.25) is 5.91 Å². The number of rotatable bonds is 6. The highest BCUT2D eigenvalue weighted by Gasteiger charge is 2.22. The van der Waals surface area contributed by atoms with E-state index in [0.29, 0.717) is 18.5 Å². The van der Waals surface area contributed by atoms with E-state index in [0.717, 1.165) is 17.0 Å². The van der Waals surface area contributed by atoms with Crippen LogP contribution in [0.2, 0.25) is 0 Å². The molecule has 1 aromatic carbocycles. The lowest BCUT2D eigenvalue weighted by Crippen LogP contribution is -2.24. The van der Waals surface area contributed by atoms with Crippen LogP contribution >= 0.6 is 0 Å². The van der Waals surface area contributed by atoms with Crippen molar-refractivity contribution in [3.63, 3.8) is 0 Å². The number of carbonyl (C=O) groups excluding carboxylic acids is 2. The first-order valence-electron chi connectivity index (χ1n) is 8.01. The normalized spacial score (nSPS) is 10.4. The average Bonchev–Trinajstić information content (AvgIpc) is 2.87. The monoisotopic (exact) mass is 344 g/mol. The minimum absolute atomic E-state index is 0.153. The van der Waals surface area contributed by atoms with Crippen molar-refractivity contribution in [3.05, 3.63) is 41.2 Å². The van der Waals surface area contributed by atoms with Gasteiger partial charge in [-0.1, -0.05) is 12.1 Å². The van der Waals surface area contributed by atoms with Crippen molar-refractivity contribution in [2.45, 2.75) is 19.8 Å². The number of carbonyl (C=O) groups is 2. The molecule has 0 aliphatic rings. The number of amides is 2. The number of nitrogens with zero attached hydrogens (tertiary/aromatic N) is 3. The predicted octanol–water partition coefficient (Wildman–Crippen LogP) is 2.01. The average molecular weight is 344 g/mol. The van der Waals surface area contributed by atoms with Gasteiger partial charge in [0.25, 0.3) is 5.91 Å². The highest BCUT2D eigenvalue weighted by Crippen LogP contribution is 2.21. The number of ether oxygens (including phenoxy) is 1. The van der Waals surface area contributed by atoms with Gasteiger partial charge in [-0.05, 0) is 31.0 Å². The molecule has 7 heteroatoms. The third-order valence-electron chi connectivity index (χ3n) is 4.01. The van der Waals surface area contributed by atoms with E-state index < -0.39 is 0 Å². The molecule has 7 nitrogen and oxygen atoms in total. The van der Waals surface area contributed by atoms with Crippen LogP contribution in [0.25, 0.3) is 0 Å². The fourth-order valence-electron chi connectivity index (χ4n) is 2.37. The number of anilines is 1. The summed E-state index contributed by atoms with van der Waals surface area (Å²) in [6.45, 7) is 1.82. The van der Waals surface area contributed by atoms with E-state index in [9.17, 15) is 9.59 Å². The van der Waals surface area contributed by atoms with Gasteiger partial charge in [0.05, 0.1) is 18.5 Å². The number of aromatic nitrogens is 2. The van der Waals surface area contributed by atoms with Gasteiger partial charge in [0.15, 0.2) is 5.69 Å². The van der Waals surface area contributed by atoms with Gasteiger partial charge >= 0.3 is 0 Å². The lowest BCUT2D eigenvalue weighted by atomic mass is 10.1. The first-order chi connectivity index (χ1) is 11.8. The minimum atomic E-state index is -0.242. The Bertz CT molecular complexity index is 763. The van der Waals surface area contributed by atoms with Crippen LogP contribution < -0.4 is 10.1 Å². The second kappa shape index (κ2) is 7.83. The smallest absolute Gasteiger partial charge is 0.276 e. The summed E-state index contributed by atoms with van der Waals surface area (Å²) in [4.78, 5) is 26.0. The quantitative estimate of drug-likeness (QED) is 0.870. The number of nitrogens with one attached hydrogen (secondary N) is 1. The maximum absolute atomic E-state index is 12.3. The Balaban J connectivity index is 2.06. The first-order valence-corrected chi connectivity index (χ1v) is 8.01. The zero-order valence-electron chi connectivity index (χ0n) is 15.3. The summed E-state index contributed by atoms with van der Waals surface area (Å²) in [5.41, 5.74) is 2.51. The SMILES string of the molecule is COc1ccc(CCC(=O)Nc2c(C(=O)N(C)C)nn(C)c2C)cc1. The Labute approximate surface area is 147 Å². The summed E-state index contributed by atoms with van der Waals surface area (Å²) >= 11 is 0. The number of methoxy groups -OCH3 is 1. The molecule has 1 heterocycles. The van der Waals surface area contributed by atoms with E-state index in [2.05, 4.69) is 10.4 Å². The minimum Gasteiger partial charge on any atom is -0.497 e. The standard InChI is InChI=1S/C18H24N4O3/c1-12-16(17(20-22(12)4)18(24)21(2)3)19-15(23)11-8-13-6-9-14(25-5)10-7-13/h6-7,9-10H,8,11H2,1-5H3,(H,19,23). The second-order valence-electron chi connectivity index (χ2n) is 6.03. The van der Waals surface area contributed by atoms with E-state index in [1.165, 1.54) is 4.90 Å². The lowest BCUT2D eigenvalue weighted by Gasteiger charge is -2.11. The van der Waals surface area contributed by atoms with Crippen molar-refractivity contribution in [3.8, 4) is 5.75 Å². The largest absolute Gasteiger partial charge is 0.497 e. The summed E-state index contributed by atoms with van der Waals surface area (Å²) in [5, 5.41) is 7.05. The highest BCUT2D eigenvalue weighted by molar-refractivity contribution is 6.02. The molecule has 0 aliphatic carbocycles. The molecular formula is C18H24N4O3. The van der Waals surface area contributed by atoms with Crippen LogP contribution in [0.3, 0.4) is 0 Å². The van der Waals surface area contributed by atoms with E-state index in [1.807, 2.05) is 31.2 Å². The van der Waals surface area contributed by atoms with Gasteiger partial charge in [-0.2, -0.15) is 5.10 Å². The van der Waals surface area contributed by atoms with Gasteiger partial charge < -0.3 is 15.0 Å². The molecule has 2 rings (SSSR count). The molecule has 2 aromatic rings. The molecule has 0 atom stereocenters. The Morgan fingerprint density at radius 3 is 2.44 bits per heavy atom. The Morgan fingerprint density at radius 2 is 1.88 bits per heavy atom. The Hall–Kier alpha value is -2.83. The van der Waals surface area contributed by atoms with Crippen molar-refractivity contribution >= 4 is 17.5 Å². The van der Waals surface area contributed by atoms with Gasteiger partial charge in [-0.3, -0.25) is 14.3 Å². The fourth-order valence-corrected chi connectivity index (χ4v) is 2.37. The molecule has 1 aromatic heterocycles. The molecule has 0 radical (unpaired) electrons. The van der Waals surface area contributed by atoms with E-state index >= 15 is 0 Å². The second-order valence-corrected chi connectivity index (χ2v) is 6.03. The molecule has 0 unspecified atom stereocenters. The highest BCUT2D eigenvalue weighted by atomic mass is 16.5. The van der Waals surface area contributed by atoms with Crippen LogP contribution in [0, 0.1) is 6.92 Å². The van der Waals surface area contributed by atoms with Crippen molar-refractivity contribution in [2.75, 3.05) is 26.5 Å². The molecule has 25 heavy (non-hydrogen) atoms. The number of aryl methyl sites for hydroxylation is 2. The van der Waals surface area contributed by atoms with E-state index in [-0.39, 0.29) is 17.5 Å². The maximum atomic E-state index is 12.3. The summed E-state index contributed by atoms with van der Waals surface area (Å²) in [6, 6.07) is 7.60. The molecule has 0 bridgehead atoms. The lowest BCUT2D eigenvalue weighted by molar-refractivity contribution is -0.116. The predicted molar refractivity (Wildman–Crippen MR) is 95.9 cm³/mol. The van der Waals surface area contributed by atoms with E-state index in [4.69, 9.17) is 4.74 Å². The molecule has 0 fully saturated rings. The van der Waals surface area contributed by atoms with Crippen LogP contribution in [-0.4, -0.2) is 47.7 Å². The number of hydrogen-bond acceptors (Lipinski definition) is 4. The Morgan fingerprint density at radius 1 is 1.24 bits per heavy atom. The summed E-state index contributed by atoms with van der Waals surface area (Å²) in [5.74, 6) is 0.389. The third-order valence-corrected chi connectivity index (χ3v) is 4.01. The molecule has 1 N–H and O–H groups in total. The Kier molecular flexibility index (Phi) is 5.80. The van der Waals surface area contributed by atoms with Gasteiger partial charge in [-0.25, -0.2) is 0 Å². The maximum Gasteiger partial charge on any atom is 0.276 e. The summed E-state index contributed by atoms with van der Waals surface area (Å²) in [7, 11) is 6.67. The van der Waals surface area contributed by atoms with E-state index in [1.54, 1.807) is 32.9 Å². The summed E-state index contributed by atoms with van der Waals surface area (Å²) < 4.78 is 6.71. The molecule has 2 amide bonds. The van der Waals surface area contributed by atoms with Gasteiger partial charge in [-0.15, -0.1) is 0 Å². The van der Waals surface area contributed by atoms with Crippen molar-refractivity contribution < 1.29 is 14.3 Å².